The molecule has 2 heteroatoms. The average molecular weight is 187 g/mol. The van der Waals surface area contributed by atoms with Crippen molar-refractivity contribution < 1.29 is 0 Å². The minimum absolute atomic E-state index is 0.776. The van der Waals surface area contributed by atoms with Gasteiger partial charge in [-0.25, -0.2) is 0 Å². The summed E-state index contributed by atoms with van der Waals surface area (Å²) in [5.74, 6) is 0. The highest BCUT2D eigenvalue weighted by Gasteiger charge is 2.12. The molecule has 74 valence electrons. The van der Waals surface area contributed by atoms with Gasteiger partial charge in [-0.05, 0) is 26.1 Å². The second kappa shape index (κ2) is 5.76. The number of hydrogen-bond donors (Lipinski definition) is 0. The summed E-state index contributed by atoms with van der Waals surface area (Å²) in [4.78, 5) is 2.51. The summed E-state index contributed by atoms with van der Waals surface area (Å²) in [7, 11) is -0.776. The smallest absolute Gasteiger partial charge is 0.0443 e. The van der Waals surface area contributed by atoms with Crippen LogP contribution in [-0.2, 0) is 0 Å². The zero-order valence-electron chi connectivity index (χ0n) is 9.48. The number of rotatable bonds is 6. The van der Waals surface area contributed by atoms with E-state index in [4.69, 9.17) is 0 Å². The first-order valence-electron chi connectivity index (χ1n) is 5.22. The van der Waals surface area contributed by atoms with E-state index in [0.717, 1.165) is 0 Å². The Hall–Kier alpha value is 0.177. The second-order valence-electron chi connectivity index (χ2n) is 4.69. The van der Waals surface area contributed by atoms with E-state index in [9.17, 15) is 0 Å². The summed E-state index contributed by atoms with van der Waals surface area (Å²) in [6, 6.07) is 1.48. The highest BCUT2D eigenvalue weighted by atomic mass is 28.3. The van der Waals surface area contributed by atoms with Crippen molar-refractivity contribution in [3.63, 3.8) is 0 Å². The van der Waals surface area contributed by atoms with Gasteiger partial charge in [-0.15, -0.1) is 0 Å². The lowest BCUT2D eigenvalue weighted by Crippen LogP contribution is -2.27. The molecule has 0 spiro atoms. The molecule has 0 aliphatic heterocycles. The van der Waals surface area contributed by atoms with Crippen molar-refractivity contribution in [2.45, 2.75) is 46.0 Å². The molecule has 0 aromatic heterocycles. The molecule has 1 nitrogen and oxygen atoms in total. The van der Waals surface area contributed by atoms with Gasteiger partial charge >= 0.3 is 0 Å². The lowest BCUT2D eigenvalue weighted by molar-refractivity contribution is 0.304. The van der Waals surface area contributed by atoms with Crippen LogP contribution in [0, 0.1) is 0 Å². The molecule has 0 fully saturated rings. The van der Waals surface area contributed by atoms with E-state index in [1.54, 1.807) is 0 Å². The largest absolute Gasteiger partial charge is 0.304 e. The highest BCUT2D eigenvalue weighted by Crippen LogP contribution is 2.11. The molecule has 0 bridgehead atoms. The highest BCUT2D eigenvalue weighted by molar-refractivity contribution is 6.76. The Bertz CT molecular complexity index is 103. The van der Waals surface area contributed by atoms with Gasteiger partial charge in [-0.3, -0.25) is 0 Å². The fourth-order valence-corrected chi connectivity index (χ4v) is 2.59. The molecule has 0 saturated carbocycles. The van der Waals surface area contributed by atoms with Crippen LogP contribution in [-0.4, -0.2) is 32.6 Å². The molecule has 0 aliphatic rings. The summed E-state index contributed by atoms with van der Waals surface area (Å²) < 4.78 is 0. The molecule has 0 heterocycles. The Kier molecular flexibility index (Phi) is 5.84. The van der Waals surface area contributed by atoms with Crippen molar-refractivity contribution in [2.75, 3.05) is 19.6 Å². The molecule has 0 radical (unpaired) electrons. The third kappa shape index (κ3) is 6.86. The van der Waals surface area contributed by atoms with Crippen molar-refractivity contribution in [2.24, 2.45) is 0 Å². The van der Waals surface area contributed by atoms with Crippen molar-refractivity contribution in [1.82, 2.24) is 4.90 Å². The molecule has 0 saturated heterocycles. The lowest BCUT2D eigenvalue weighted by Gasteiger charge is -2.21. The minimum Gasteiger partial charge on any atom is -0.304 e. The van der Waals surface area contributed by atoms with E-state index in [2.05, 4.69) is 38.4 Å². The fraction of sp³-hybridized carbons (Fsp3) is 1.00. The standard InChI is InChI=1S/C10H25NSi/c1-6-11(7-2)9-8-10-12(3,4)5/h6-10H2,1-5H3. The van der Waals surface area contributed by atoms with Crippen LogP contribution >= 0.6 is 0 Å². The predicted octanol–water partition coefficient (Wildman–Crippen LogP) is 3.06. The predicted molar refractivity (Wildman–Crippen MR) is 60.6 cm³/mol. The van der Waals surface area contributed by atoms with Crippen LogP contribution in [0.3, 0.4) is 0 Å². The minimum atomic E-state index is -0.776. The topological polar surface area (TPSA) is 3.24 Å². The van der Waals surface area contributed by atoms with Gasteiger partial charge in [-0.2, -0.15) is 0 Å². The molecule has 0 aromatic rings. The van der Waals surface area contributed by atoms with Crippen molar-refractivity contribution >= 4 is 8.07 Å². The molecular formula is C10H25NSi. The maximum absolute atomic E-state index is 2.51. The number of hydrogen-bond acceptors (Lipinski definition) is 1. The molecule has 0 N–H and O–H groups in total. The van der Waals surface area contributed by atoms with E-state index < -0.39 is 8.07 Å². The van der Waals surface area contributed by atoms with Crippen LogP contribution in [0.2, 0.25) is 25.7 Å². The zero-order chi connectivity index (χ0) is 9.61. The summed E-state index contributed by atoms with van der Waals surface area (Å²) in [5.41, 5.74) is 0. The van der Waals surface area contributed by atoms with E-state index in [1.807, 2.05) is 0 Å². The van der Waals surface area contributed by atoms with Gasteiger partial charge in [0.1, 0.15) is 0 Å². The Balaban J connectivity index is 3.41. The van der Waals surface area contributed by atoms with Gasteiger partial charge in [0.2, 0.25) is 0 Å². The van der Waals surface area contributed by atoms with Gasteiger partial charge in [0, 0.05) is 8.07 Å². The van der Waals surface area contributed by atoms with E-state index in [0.29, 0.717) is 0 Å². The van der Waals surface area contributed by atoms with Crippen LogP contribution < -0.4 is 0 Å². The second-order valence-corrected chi connectivity index (χ2v) is 10.3. The van der Waals surface area contributed by atoms with Crippen LogP contribution in [0.5, 0.6) is 0 Å². The maximum Gasteiger partial charge on any atom is 0.0443 e. The summed E-state index contributed by atoms with van der Waals surface area (Å²) in [6.45, 7) is 15.6. The van der Waals surface area contributed by atoms with E-state index in [1.165, 1.54) is 32.1 Å². The van der Waals surface area contributed by atoms with E-state index in [-0.39, 0.29) is 0 Å². The van der Waals surface area contributed by atoms with E-state index >= 15 is 0 Å². The lowest BCUT2D eigenvalue weighted by atomic mass is 10.4. The van der Waals surface area contributed by atoms with Crippen LogP contribution in [0.25, 0.3) is 0 Å². The first-order valence-corrected chi connectivity index (χ1v) is 8.92. The maximum atomic E-state index is 2.51. The summed E-state index contributed by atoms with van der Waals surface area (Å²) in [6.07, 6.45) is 1.40. The van der Waals surface area contributed by atoms with Crippen molar-refractivity contribution in [3.05, 3.63) is 0 Å². The first-order chi connectivity index (χ1) is 5.49. The molecule has 12 heavy (non-hydrogen) atoms. The Labute approximate surface area is 79.2 Å². The quantitative estimate of drug-likeness (QED) is 0.578. The fourth-order valence-electron chi connectivity index (χ4n) is 1.37. The van der Waals surface area contributed by atoms with Gasteiger partial charge in [-0.1, -0.05) is 39.5 Å². The van der Waals surface area contributed by atoms with Crippen LogP contribution in [0.1, 0.15) is 20.3 Å². The molecule has 0 rings (SSSR count). The Morgan fingerprint density at radius 2 is 1.50 bits per heavy atom. The van der Waals surface area contributed by atoms with Gasteiger partial charge < -0.3 is 4.90 Å². The van der Waals surface area contributed by atoms with Crippen molar-refractivity contribution in [1.29, 1.82) is 0 Å². The Morgan fingerprint density at radius 3 is 1.83 bits per heavy atom. The van der Waals surface area contributed by atoms with Crippen molar-refractivity contribution in [3.8, 4) is 0 Å². The SMILES string of the molecule is CCN(CC)CCC[Si](C)(C)C. The molecule has 0 amide bonds. The molecule has 0 atom stereocenters. The first kappa shape index (κ1) is 12.2. The monoisotopic (exact) mass is 187 g/mol. The van der Waals surface area contributed by atoms with Gasteiger partial charge in [0.15, 0.2) is 0 Å². The normalized spacial score (nSPS) is 12.5. The summed E-state index contributed by atoms with van der Waals surface area (Å²) >= 11 is 0. The number of nitrogens with zero attached hydrogens (tertiary/aromatic N) is 1. The Morgan fingerprint density at radius 1 is 1.00 bits per heavy atom. The third-order valence-electron chi connectivity index (χ3n) is 2.30. The third-order valence-corrected chi connectivity index (χ3v) is 4.15. The van der Waals surface area contributed by atoms with Crippen LogP contribution in [0.4, 0.5) is 0 Å². The molecule has 0 aromatic carbocycles. The molecular weight excluding hydrogens is 162 g/mol. The summed E-state index contributed by atoms with van der Waals surface area (Å²) in [5, 5.41) is 0. The average Bonchev–Trinajstić information content (AvgIpc) is 1.96. The molecule has 0 unspecified atom stereocenters. The zero-order valence-corrected chi connectivity index (χ0v) is 10.5. The van der Waals surface area contributed by atoms with Gasteiger partial charge in [0.25, 0.3) is 0 Å². The van der Waals surface area contributed by atoms with Gasteiger partial charge in [0.05, 0.1) is 0 Å². The molecule has 0 aliphatic carbocycles. The van der Waals surface area contributed by atoms with Crippen LogP contribution in [0.15, 0.2) is 0 Å².